The lowest BCUT2D eigenvalue weighted by Crippen LogP contribution is -2.33. The third-order valence-corrected chi connectivity index (χ3v) is 4.58. The fraction of sp³-hybridized carbons (Fsp3) is 0.250. The highest BCUT2D eigenvalue weighted by Crippen LogP contribution is 2.34. The van der Waals surface area contributed by atoms with Crippen LogP contribution >= 0.6 is 0 Å². The third-order valence-electron chi connectivity index (χ3n) is 4.58. The average molecular weight is 369 g/mol. The Morgan fingerprint density at radius 2 is 2.07 bits per heavy atom. The van der Waals surface area contributed by atoms with Gasteiger partial charge in [0.25, 0.3) is 0 Å². The quantitative estimate of drug-likeness (QED) is 0.500. The van der Waals surface area contributed by atoms with Gasteiger partial charge in [0, 0.05) is 19.5 Å². The van der Waals surface area contributed by atoms with E-state index in [1.54, 1.807) is 19.3 Å². The number of rotatable bonds is 5. The first kappa shape index (κ1) is 18.6. The van der Waals surface area contributed by atoms with Gasteiger partial charge in [-0.05, 0) is 29.3 Å². The van der Waals surface area contributed by atoms with Gasteiger partial charge in [-0.1, -0.05) is 35.5 Å². The van der Waals surface area contributed by atoms with Gasteiger partial charge in [0.05, 0.1) is 11.9 Å². The topological polar surface area (TPSA) is 71.0 Å². The van der Waals surface area contributed by atoms with E-state index in [1.165, 1.54) is 30.2 Å². The van der Waals surface area contributed by atoms with E-state index in [-0.39, 0.29) is 17.5 Å². The summed E-state index contributed by atoms with van der Waals surface area (Å²) in [6.45, 7) is 0.402. The van der Waals surface area contributed by atoms with Crippen LogP contribution in [0.1, 0.15) is 17.0 Å². The second-order valence-electron chi connectivity index (χ2n) is 6.36. The first-order valence-electron chi connectivity index (χ1n) is 8.48. The Labute approximate surface area is 156 Å². The molecule has 6 nitrogen and oxygen atoms in total. The molecule has 1 saturated heterocycles. The molecule has 1 fully saturated rings. The molecular formula is C20H20FN3O3. The molecule has 3 rings (SSSR count). The highest BCUT2D eigenvalue weighted by atomic mass is 19.1. The Balaban J connectivity index is 1.88. The number of benzene rings is 2. The molecular weight excluding hydrogens is 349 g/mol. The van der Waals surface area contributed by atoms with Crippen molar-refractivity contribution in [2.45, 2.75) is 5.92 Å². The number of likely N-dealkylation sites (tertiary alicyclic amines) is 1. The molecule has 140 valence electrons. The number of nitrogens with one attached hydrogen (secondary N) is 1. The maximum atomic E-state index is 13.9. The van der Waals surface area contributed by atoms with Crippen molar-refractivity contribution in [1.82, 2.24) is 4.90 Å². The summed E-state index contributed by atoms with van der Waals surface area (Å²) >= 11 is 0. The SMILES string of the molecule is CO/N=C/c1cccc(C2CN(C)C(=O)C2C(=O)Nc2ccccc2F)c1. The Kier molecular flexibility index (Phi) is 5.49. The minimum atomic E-state index is -0.927. The van der Waals surface area contributed by atoms with Crippen molar-refractivity contribution in [3.63, 3.8) is 0 Å². The second-order valence-corrected chi connectivity index (χ2v) is 6.36. The average Bonchev–Trinajstić information content (AvgIpc) is 2.97. The minimum Gasteiger partial charge on any atom is -0.399 e. The maximum Gasteiger partial charge on any atom is 0.237 e. The largest absolute Gasteiger partial charge is 0.399 e. The summed E-state index contributed by atoms with van der Waals surface area (Å²) in [6.07, 6.45) is 1.55. The van der Waals surface area contributed by atoms with Crippen LogP contribution in [-0.2, 0) is 14.4 Å². The molecule has 2 unspecified atom stereocenters. The number of hydrogen-bond acceptors (Lipinski definition) is 4. The molecule has 7 heteroatoms. The normalized spacial score (nSPS) is 19.5. The van der Waals surface area contributed by atoms with Crippen LogP contribution < -0.4 is 5.32 Å². The van der Waals surface area contributed by atoms with Gasteiger partial charge in [-0.25, -0.2) is 4.39 Å². The molecule has 0 radical (unpaired) electrons. The fourth-order valence-electron chi connectivity index (χ4n) is 3.25. The van der Waals surface area contributed by atoms with Crippen LogP contribution in [0.15, 0.2) is 53.7 Å². The van der Waals surface area contributed by atoms with Gasteiger partial charge in [0.2, 0.25) is 11.8 Å². The summed E-state index contributed by atoms with van der Waals surface area (Å²) in [7, 11) is 3.11. The van der Waals surface area contributed by atoms with Crippen LogP contribution in [0.3, 0.4) is 0 Å². The van der Waals surface area contributed by atoms with Crippen LogP contribution in [-0.4, -0.2) is 43.6 Å². The van der Waals surface area contributed by atoms with Gasteiger partial charge in [-0.3, -0.25) is 9.59 Å². The molecule has 2 aromatic rings. The lowest BCUT2D eigenvalue weighted by molar-refractivity contribution is -0.135. The molecule has 0 spiro atoms. The fourth-order valence-corrected chi connectivity index (χ4v) is 3.25. The van der Waals surface area contributed by atoms with Crippen molar-refractivity contribution >= 4 is 23.7 Å². The van der Waals surface area contributed by atoms with E-state index in [9.17, 15) is 14.0 Å². The summed E-state index contributed by atoms with van der Waals surface area (Å²) in [5.41, 5.74) is 1.69. The zero-order valence-electron chi connectivity index (χ0n) is 15.1. The van der Waals surface area contributed by atoms with Crippen molar-refractivity contribution in [3.8, 4) is 0 Å². The molecule has 0 aliphatic carbocycles. The molecule has 0 aromatic heterocycles. The number of likely N-dealkylation sites (N-methyl/N-ethyl adjacent to an activating group) is 1. The summed E-state index contributed by atoms with van der Waals surface area (Å²) in [4.78, 5) is 31.6. The monoisotopic (exact) mass is 369 g/mol. The standard InChI is InChI=1S/C20H20FN3O3/c1-24-12-15(14-7-5-6-13(10-14)11-22-27-2)18(20(24)26)19(25)23-17-9-4-3-8-16(17)21/h3-11,15,18H,12H2,1-2H3,(H,23,25)/b22-11+. The van der Waals surface area contributed by atoms with E-state index in [1.807, 2.05) is 24.3 Å². The number of anilines is 1. The number of para-hydroxylation sites is 1. The van der Waals surface area contributed by atoms with Crippen LogP contribution in [0.2, 0.25) is 0 Å². The van der Waals surface area contributed by atoms with E-state index >= 15 is 0 Å². The van der Waals surface area contributed by atoms with Gasteiger partial charge < -0.3 is 15.1 Å². The Hall–Kier alpha value is -3.22. The van der Waals surface area contributed by atoms with Gasteiger partial charge in [-0.15, -0.1) is 0 Å². The minimum absolute atomic E-state index is 0.0598. The van der Waals surface area contributed by atoms with Crippen molar-refractivity contribution in [3.05, 3.63) is 65.5 Å². The molecule has 1 N–H and O–H groups in total. The van der Waals surface area contributed by atoms with Crippen molar-refractivity contribution in [2.75, 3.05) is 26.0 Å². The first-order valence-corrected chi connectivity index (χ1v) is 8.48. The maximum absolute atomic E-state index is 13.9. The van der Waals surface area contributed by atoms with E-state index in [0.29, 0.717) is 6.54 Å². The molecule has 2 atom stereocenters. The van der Waals surface area contributed by atoms with Crippen molar-refractivity contribution in [2.24, 2.45) is 11.1 Å². The zero-order chi connectivity index (χ0) is 19.4. The van der Waals surface area contributed by atoms with Gasteiger partial charge >= 0.3 is 0 Å². The molecule has 0 saturated carbocycles. The molecule has 1 aliphatic rings. The van der Waals surface area contributed by atoms with Crippen molar-refractivity contribution in [1.29, 1.82) is 0 Å². The number of carbonyl (C=O) groups is 2. The van der Waals surface area contributed by atoms with Crippen LogP contribution in [0.4, 0.5) is 10.1 Å². The third kappa shape index (κ3) is 3.97. The molecule has 0 bridgehead atoms. The molecule has 1 heterocycles. The number of halogens is 1. The molecule has 2 amide bonds. The van der Waals surface area contributed by atoms with Gasteiger partial charge in [-0.2, -0.15) is 0 Å². The molecule has 2 aromatic carbocycles. The second kappa shape index (κ2) is 7.99. The lowest BCUT2D eigenvalue weighted by Gasteiger charge is -2.17. The Morgan fingerprint density at radius 1 is 1.30 bits per heavy atom. The molecule has 27 heavy (non-hydrogen) atoms. The highest BCUT2D eigenvalue weighted by Gasteiger charge is 2.44. The van der Waals surface area contributed by atoms with Gasteiger partial charge in [0.15, 0.2) is 0 Å². The Bertz CT molecular complexity index is 884. The summed E-state index contributed by atoms with van der Waals surface area (Å²) in [6, 6.07) is 13.3. The van der Waals surface area contributed by atoms with Gasteiger partial charge in [0.1, 0.15) is 18.8 Å². The van der Waals surface area contributed by atoms with E-state index in [0.717, 1.165) is 11.1 Å². The van der Waals surface area contributed by atoms with Crippen LogP contribution in [0.5, 0.6) is 0 Å². The van der Waals surface area contributed by atoms with Crippen LogP contribution in [0.25, 0.3) is 0 Å². The number of oxime groups is 1. The predicted molar refractivity (Wildman–Crippen MR) is 99.9 cm³/mol. The summed E-state index contributed by atoms with van der Waals surface area (Å²) in [5, 5.41) is 6.28. The predicted octanol–water partition coefficient (Wildman–Crippen LogP) is 2.62. The van der Waals surface area contributed by atoms with Crippen molar-refractivity contribution < 1.29 is 18.8 Å². The number of amides is 2. The van der Waals surface area contributed by atoms with Crippen LogP contribution in [0, 0.1) is 11.7 Å². The smallest absolute Gasteiger partial charge is 0.237 e. The first-order chi connectivity index (χ1) is 13.0. The number of carbonyl (C=O) groups excluding carboxylic acids is 2. The summed E-state index contributed by atoms with van der Waals surface area (Å²) < 4.78 is 13.9. The molecule has 1 aliphatic heterocycles. The number of nitrogens with zero attached hydrogens (tertiary/aromatic N) is 2. The zero-order valence-corrected chi connectivity index (χ0v) is 15.1. The summed E-state index contributed by atoms with van der Waals surface area (Å²) in [5.74, 6) is -2.62. The van der Waals surface area contributed by atoms with E-state index in [4.69, 9.17) is 0 Å². The Morgan fingerprint density at radius 3 is 2.81 bits per heavy atom. The highest BCUT2D eigenvalue weighted by molar-refractivity contribution is 6.08. The lowest BCUT2D eigenvalue weighted by atomic mass is 9.87. The van der Waals surface area contributed by atoms with E-state index in [2.05, 4.69) is 15.3 Å². The number of hydrogen-bond donors (Lipinski definition) is 1. The van der Waals surface area contributed by atoms with E-state index < -0.39 is 17.6 Å².